The van der Waals surface area contributed by atoms with E-state index in [4.69, 9.17) is 0 Å². The fraction of sp³-hybridized carbons (Fsp3) is 0.0455. The van der Waals surface area contributed by atoms with E-state index < -0.39 is 40.2 Å². The number of hydrogen-bond donors (Lipinski definition) is 3. The fourth-order valence-electron chi connectivity index (χ4n) is 3.56. The lowest BCUT2D eigenvalue weighted by Crippen LogP contribution is -2.30. The van der Waals surface area contributed by atoms with Gasteiger partial charge in [-0.25, -0.2) is 0 Å². The standard InChI is InChI=1S/C22H14O6/c1-10(15-17(23)11-6-2-4-8-13(11)19(25)21(15)27)16-18(24)12-7-3-5-9-14(12)20(26)22(16)28/h2-9,23,25,27H,1H3/b16-10-. The van der Waals surface area contributed by atoms with E-state index in [-0.39, 0.29) is 33.0 Å². The number of allylic oxidation sites excluding steroid dienone is 2. The van der Waals surface area contributed by atoms with Crippen molar-refractivity contribution in [3.8, 4) is 17.2 Å². The van der Waals surface area contributed by atoms with Gasteiger partial charge in [-0.15, -0.1) is 0 Å². The van der Waals surface area contributed by atoms with Gasteiger partial charge >= 0.3 is 0 Å². The lowest BCUT2D eigenvalue weighted by molar-refractivity contribution is -0.111. The molecule has 0 heterocycles. The summed E-state index contributed by atoms with van der Waals surface area (Å²) >= 11 is 0. The second-order valence-corrected chi connectivity index (χ2v) is 6.50. The summed E-state index contributed by atoms with van der Waals surface area (Å²) in [7, 11) is 0. The van der Waals surface area contributed by atoms with Crippen molar-refractivity contribution >= 4 is 33.7 Å². The summed E-state index contributed by atoms with van der Waals surface area (Å²) < 4.78 is 0. The molecular weight excluding hydrogens is 360 g/mol. The van der Waals surface area contributed by atoms with Crippen molar-refractivity contribution in [3.63, 3.8) is 0 Å². The Morgan fingerprint density at radius 1 is 0.643 bits per heavy atom. The van der Waals surface area contributed by atoms with E-state index >= 15 is 0 Å². The van der Waals surface area contributed by atoms with Crippen LogP contribution in [0.3, 0.4) is 0 Å². The number of fused-ring (bicyclic) bond motifs is 2. The third-order valence-electron chi connectivity index (χ3n) is 4.96. The number of carbonyl (C=O) groups is 3. The normalized spacial score (nSPS) is 15.7. The van der Waals surface area contributed by atoms with Crippen molar-refractivity contribution in [3.05, 3.63) is 70.8 Å². The van der Waals surface area contributed by atoms with E-state index in [0.29, 0.717) is 0 Å². The van der Waals surface area contributed by atoms with Crippen LogP contribution in [-0.4, -0.2) is 32.7 Å². The van der Waals surface area contributed by atoms with Crippen LogP contribution in [-0.2, 0) is 4.79 Å². The zero-order chi connectivity index (χ0) is 20.2. The van der Waals surface area contributed by atoms with Gasteiger partial charge in [0.05, 0.1) is 11.1 Å². The predicted molar refractivity (Wildman–Crippen MR) is 102 cm³/mol. The average Bonchev–Trinajstić information content (AvgIpc) is 2.71. The Balaban J connectivity index is 2.06. The summed E-state index contributed by atoms with van der Waals surface area (Å²) in [4.78, 5) is 38.0. The highest BCUT2D eigenvalue weighted by Crippen LogP contribution is 2.48. The van der Waals surface area contributed by atoms with Crippen molar-refractivity contribution in [2.45, 2.75) is 6.92 Å². The van der Waals surface area contributed by atoms with E-state index in [1.807, 2.05) is 0 Å². The van der Waals surface area contributed by atoms with Crippen molar-refractivity contribution in [1.29, 1.82) is 0 Å². The minimum absolute atomic E-state index is 0.0175. The van der Waals surface area contributed by atoms with Crippen molar-refractivity contribution in [1.82, 2.24) is 0 Å². The van der Waals surface area contributed by atoms with Gasteiger partial charge in [0.2, 0.25) is 11.6 Å². The zero-order valence-electron chi connectivity index (χ0n) is 14.7. The first-order valence-electron chi connectivity index (χ1n) is 8.44. The molecule has 0 fully saturated rings. The molecule has 0 unspecified atom stereocenters. The molecule has 4 rings (SSSR count). The summed E-state index contributed by atoms with van der Waals surface area (Å²) in [6, 6.07) is 12.2. The topological polar surface area (TPSA) is 112 Å². The van der Waals surface area contributed by atoms with Crippen LogP contribution in [0.4, 0.5) is 0 Å². The minimum atomic E-state index is -1.02. The molecule has 1 aliphatic carbocycles. The van der Waals surface area contributed by atoms with Crippen LogP contribution in [0.5, 0.6) is 17.2 Å². The first kappa shape index (κ1) is 17.5. The van der Waals surface area contributed by atoms with Gasteiger partial charge in [0, 0.05) is 21.9 Å². The third-order valence-corrected chi connectivity index (χ3v) is 4.96. The summed E-state index contributed by atoms with van der Waals surface area (Å²) in [6.45, 7) is 1.34. The number of aromatic hydroxyl groups is 3. The molecule has 0 spiro atoms. The number of benzene rings is 3. The lowest BCUT2D eigenvalue weighted by atomic mass is 9.81. The SMILES string of the molecule is C/C(=C1/C(=O)C(=O)c2ccccc2C1=O)c1c(O)c(O)c2ccccc2c1O. The van der Waals surface area contributed by atoms with Crippen LogP contribution in [0.1, 0.15) is 33.2 Å². The lowest BCUT2D eigenvalue weighted by Gasteiger charge is -2.19. The highest BCUT2D eigenvalue weighted by molar-refractivity contribution is 6.60. The van der Waals surface area contributed by atoms with E-state index in [1.54, 1.807) is 24.3 Å². The van der Waals surface area contributed by atoms with Crippen LogP contribution in [0.15, 0.2) is 54.1 Å². The van der Waals surface area contributed by atoms with Crippen molar-refractivity contribution in [2.75, 3.05) is 0 Å². The maximum Gasteiger partial charge on any atom is 0.237 e. The highest BCUT2D eigenvalue weighted by atomic mass is 16.3. The molecule has 0 aliphatic heterocycles. The van der Waals surface area contributed by atoms with Crippen molar-refractivity contribution < 1.29 is 29.7 Å². The number of phenolic OH excluding ortho intramolecular Hbond substituents is 3. The third kappa shape index (κ3) is 2.24. The molecule has 138 valence electrons. The molecular formula is C22H14O6. The summed E-state index contributed by atoms with van der Waals surface area (Å²) in [6.07, 6.45) is 0. The smallest absolute Gasteiger partial charge is 0.237 e. The molecule has 6 heteroatoms. The van der Waals surface area contributed by atoms with Crippen LogP contribution in [0, 0.1) is 0 Å². The van der Waals surface area contributed by atoms with Gasteiger partial charge in [-0.1, -0.05) is 48.5 Å². The van der Waals surface area contributed by atoms with Gasteiger partial charge in [-0.05, 0) is 12.5 Å². The summed E-state index contributed by atoms with van der Waals surface area (Å²) in [5.41, 5.74) is -0.702. The Morgan fingerprint density at radius 3 is 1.75 bits per heavy atom. The largest absolute Gasteiger partial charge is 0.507 e. The molecule has 0 radical (unpaired) electrons. The van der Waals surface area contributed by atoms with E-state index in [9.17, 15) is 29.7 Å². The minimum Gasteiger partial charge on any atom is -0.507 e. The second kappa shape index (κ2) is 6.06. The van der Waals surface area contributed by atoms with Gasteiger partial charge in [0.15, 0.2) is 17.3 Å². The number of phenols is 3. The molecule has 0 aromatic heterocycles. The first-order chi connectivity index (χ1) is 13.3. The van der Waals surface area contributed by atoms with Gasteiger partial charge in [-0.3, -0.25) is 14.4 Å². The Labute approximate surface area is 159 Å². The molecule has 0 atom stereocenters. The van der Waals surface area contributed by atoms with Crippen LogP contribution < -0.4 is 0 Å². The van der Waals surface area contributed by atoms with Crippen LogP contribution >= 0.6 is 0 Å². The van der Waals surface area contributed by atoms with Crippen LogP contribution in [0.2, 0.25) is 0 Å². The summed E-state index contributed by atoms with van der Waals surface area (Å²) in [5.74, 6) is -4.10. The Bertz CT molecular complexity index is 1250. The molecule has 3 aromatic rings. The molecule has 28 heavy (non-hydrogen) atoms. The van der Waals surface area contributed by atoms with Gasteiger partial charge in [-0.2, -0.15) is 0 Å². The Kier molecular flexibility index (Phi) is 3.78. The van der Waals surface area contributed by atoms with Crippen molar-refractivity contribution in [2.24, 2.45) is 0 Å². The molecule has 3 N–H and O–H groups in total. The van der Waals surface area contributed by atoms with Crippen LogP contribution in [0.25, 0.3) is 16.3 Å². The van der Waals surface area contributed by atoms with E-state index in [2.05, 4.69) is 0 Å². The fourth-order valence-corrected chi connectivity index (χ4v) is 3.56. The number of carbonyl (C=O) groups excluding carboxylic acids is 3. The zero-order valence-corrected chi connectivity index (χ0v) is 14.7. The Hall–Kier alpha value is -3.93. The number of rotatable bonds is 1. The maximum atomic E-state index is 12.9. The number of hydrogen-bond acceptors (Lipinski definition) is 6. The monoisotopic (exact) mass is 374 g/mol. The number of Topliss-reactive ketones (excluding diaryl/α,β-unsaturated/α-hetero) is 3. The molecule has 0 bridgehead atoms. The van der Waals surface area contributed by atoms with Gasteiger partial charge < -0.3 is 15.3 Å². The number of ketones is 3. The second-order valence-electron chi connectivity index (χ2n) is 6.50. The average molecular weight is 374 g/mol. The molecule has 0 saturated heterocycles. The predicted octanol–water partition coefficient (Wildman–Crippen LogP) is 3.38. The molecule has 0 amide bonds. The highest BCUT2D eigenvalue weighted by Gasteiger charge is 2.38. The molecule has 6 nitrogen and oxygen atoms in total. The molecule has 1 aliphatic rings. The van der Waals surface area contributed by atoms with E-state index in [1.165, 1.54) is 31.2 Å². The first-order valence-corrected chi connectivity index (χ1v) is 8.44. The molecule has 0 saturated carbocycles. The Morgan fingerprint density at radius 2 is 1.14 bits per heavy atom. The molecule has 3 aromatic carbocycles. The van der Waals surface area contributed by atoms with E-state index in [0.717, 1.165) is 0 Å². The quantitative estimate of drug-likeness (QED) is 0.198. The summed E-state index contributed by atoms with van der Waals surface area (Å²) in [5, 5.41) is 31.9. The maximum absolute atomic E-state index is 12.9. The van der Waals surface area contributed by atoms with Gasteiger partial charge in [0.1, 0.15) is 5.75 Å². The van der Waals surface area contributed by atoms with Gasteiger partial charge in [0.25, 0.3) is 0 Å².